The van der Waals surface area contributed by atoms with Gasteiger partial charge in [-0.3, -0.25) is 0 Å². The average molecular weight is 337 g/mol. The van der Waals surface area contributed by atoms with Crippen LogP contribution in [-0.4, -0.2) is 13.1 Å². The molecular formula is C16H18BrFN2. The summed E-state index contributed by atoms with van der Waals surface area (Å²) < 4.78 is 14.0. The second-order valence-corrected chi connectivity index (χ2v) is 5.85. The molecule has 2 nitrogen and oxygen atoms in total. The van der Waals surface area contributed by atoms with E-state index in [1.807, 2.05) is 24.9 Å². The fraction of sp³-hybridized carbons (Fsp3) is 0.250. The zero-order chi connectivity index (χ0) is 14.7. The summed E-state index contributed by atoms with van der Waals surface area (Å²) in [4.78, 5) is 2.01. The molecule has 0 fully saturated rings. The van der Waals surface area contributed by atoms with Crippen LogP contribution in [0, 0.1) is 5.82 Å². The Labute approximate surface area is 127 Å². The normalized spacial score (nSPS) is 12.2. The molecule has 106 valence electrons. The van der Waals surface area contributed by atoms with Crippen LogP contribution in [0.5, 0.6) is 0 Å². The third-order valence-electron chi connectivity index (χ3n) is 3.18. The summed E-state index contributed by atoms with van der Waals surface area (Å²) in [5.74, 6) is -0.226. The molecule has 0 aliphatic heterocycles. The van der Waals surface area contributed by atoms with Crippen LogP contribution < -0.4 is 10.6 Å². The molecule has 0 bridgehead atoms. The highest BCUT2D eigenvalue weighted by Gasteiger charge is 2.08. The standard InChI is InChI=1S/C16H18BrFN2/c1-11(19)9-12-3-6-15(10-16(12)17)20(2)14-7-4-13(18)5-8-14/h3-8,10-11H,9,19H2,1-2H3. The van der Waals surface area contributed by atoms with E-state index in [-0.39, 0.29) is 11.9 Å². The smallest absolute Gasteiger partial charge is 0.123 e. The Morgan fingerprint density at radius 1 is 1.15 bits per heavy atom. The van der Waals surface area contributed by atoms with Gasteiger partial charge in [0.25, 0.3) is 0 Å². The molecule has 0 amide bonds. The summed E-state index contributed by atoms with van der Waals surface area (Å²) in [7, 11) is 1.96. The quantitative estimate of drug-likeness (QED) is 0.904. The number of rotatable bonds is 4. The van der Waals surface area contributed by atoms with Crippen LogP contribution in [0.3, 0.4) is 0 Å². The number of hydrogen-bond acceptors (Lipinski definition) is 2. The summed E-state index contributed by atoms with van der Waals surface area (Å²) in [5.41, 5.74) is 9.00. The maximum atomic E-state index is 13.0. The molecule has 0 aliphatic carbocycles. The summed E-state index contributed by atoms with van der Waals surface area (Å²) in [5, 5.41) is 0. The average Bonchev–Trinajstić information content (AvgIpc) is 2.41. The fourth-order valence-electron chi connectivity index (χ4n) is 2.07. The van der Waals surface area contributed by atoms with E-state index in [2.05, 4.69) is 28.1 Å². The van der Waals surface area contributed by atoms with Gasteiger partial charge in [0, 0.05) is 28.9 Å². The second-order valence-electron chi connectivity index (χ2n) is 4.99. The first-order valence-corrected chi connectivity index (χ1v) is 7.30. The van der Waals surface area contributed by atoms with E-state index >= 15 is 0 Å². The Bertz CT molecular complexity index is 582. The molecule has 20 heavy (non-hydrogen) atoms. The summed E-state index contributed by atoms with van der Waals surface area (Å²) in [6.45, 7) is 1.99. The fourth-order valence-corrected chi connectivity index (χ4v) is 2.60. The van der Waals surface area contributed by atoms with Crippen molar-refractivity contribution in [3.63, 3.8) is 0 Å². The van der Waals surface area contributed by atoms with E-state index in [4.69, 9.17) is 5.73 Å². The highest BCUT2D eigenvalue weighted by molar-refractivity contribution is 9.10. The summed E-state index contributed by atoms with van der Waals surface area (Å²) in [6.07, 6.45) is 0.834. The lowest BCUT2D eigenvalue weighted by Gasteiger charge is -2.21. The van der Waals surface area contributed by atoms with Crippen LogP contribution in [0.2, 0.25) is 0 Å². The first-order valence-electron chi connectivity index (χ1n) is 6.50. The monoisotopic (exact) mass is 336 g/mol. The molecule has 0 saturated carbocycles. The Balaban J connectivity index is 2.24. The molecule has 1 atom stereocenters. The van der Waals surface area contributed by atoms with E-state index in [1.54, 1.807) is 12.1 Å². The summed E-state index contributed by atoms with van der Waals surface area (Å²) in [6, 6.07) is 12.8. The van der Waals surface area contributed by atoms with Crippen molar-refractivity contribution in [2.24, 2.45) is 5.73 Å². The van der Waals surface area contributed by atoms with Gasteiger partial charge in [-0.25, -0.2) is 4.39 Å². The van der Waals surface area contributed by atoms with Gasteiger partial charge in [0.2, 0.25) is 0 Å². The molecular weight excluding hydrogens is 319 g/mol. The van der Waals surface area contributed by atoms with E-state index in [0.717, 1.165) is 22.3 Å². The SMILES string of the molecule is CC(N)Cc1ccc(N(C)c2ccc(F)cc2)cc1Br. The largest absolute Gasteiger partial charge is 0.345 e. The van der Waals surface area contributed by atoms with Crippen molar-refractivity contribution in [1.82, 2.24) is 0 Å². The van der Waals surface area contributed by atoms with E-state index in [9.17, 15) is 4.39 Å². The molecule has 0 aromatic heterocycles. The van der Waals surface area contributed by atoms with Crippen molar-refractivity contribution in [2.45, 2.75) is 19.4 Å². The van der Waals surface area contributed by atoms with Gasteiger partial charge in [0.05, 0.1) is 0 Å². The van der Waals surface area contributed by atoms with Gasteiger partial charge in [-0.2, -0.15) is 0 Å². The highest BCUT2D eigenvalue weighted by atomic mass is 79.9. The first kappa shape index (κ1) is 15.0. The van der Waals surface area contributed by atoms with Gasteiger partial charge < -0.3 is 10.6 Å². The molecule has 2 N–H and O–H groups in total. The summed E-state index contributed by atoms with van der Waals surface area (Å²) >= 11 is 3.59. The van der Waals surface area contributed by atoms with Gasteiger partial charge in [-0.05, 0) is 55.3 Å². The molecule has 0 spiro atoms. The van der Waals surface area contributed by atoms with Crippen molar-refractivity contribution in [2.75, 3.05) is 11.9 Å². The van der Waals surface area contributed by atoms with Crippen molar-refractivity contribution < 1.29 is 4.39 Å². The zero-order valence-electron chi connectivity index (χ0n) is 11.6. The molecule has 2 aromatic rings. The zero-order valence-corrected chi connectivity index (χ0v) is 13.2. The van der Waals surface area contributed by atoms with Crippen LogP contribution in [0.1, 0.15) is 12.5 Å². The minimum atomic E-state index is -0.226. The van der Waals surface area contributed by atoms with Gasteiger partial charge in [-0.15, -0.1) is 0 Å². The van der Waals surface area contributed by atoms with Crippen molar-refractivity contribution in [3.8, 4) is 0 Å². The maximum Gasteiger partial charge on any atom is 0.123 e. The van der Waals surface area contributed by atoms with E-state index in [1.165, 1.54) is 17.7 Å². The molecule has 0 heterocycles. The number of nitrogens with two attached hydrogens (primary N) is 1. The van der Waals surface area contributed by atoms with Crippen molar-refractivity contribution in [3.05, 3.63) is 58.3 Å². The van der Waals surface area contributed by atoms with Crippen molar-refractivity contribution in [1.29, 1.82) is 0 Å². The van der Waals surface area contributed by atoms with E-state index in [0.29, 0.717) is 0 Å². The lowest BCUT2D eigenvalue weighted by atomic mass is 10.1. The lowest BCUT2D eigenvalue weighted by molar-refractivity contribution is 0.628. The number of halogens is 2. The first-order chi connectivity index (χ1) is 9.47. The highest BCUT2D eigenvalue weighted by Crippen LogP contribution is 2.28. The molecule has 0 saturated heterocycles. The predicted octanol–water partition coefficient (Wildman–Crippen LogP) is 4.25. The van der Waals surface area contributed by atoms with Crippen LogP contribution in [-0.2, 0) is 6.42 Å². The van der Waals surface area contributed by atoms with Gasteiger partial charge in [0.15, 0.2) is 0 Å². The van der Waals surface area contributed by atoms with E-state index < -0.39 is 0 Å². The number of anilines is 2. The maximum absolute atomic E-state index is 13.0. The van der Waals surface area contributed by atoms with Crippen LogP contribution in [0.4, 0.5) is 15.8 Å². The molecule has 0 radical (unpaired) electrons. The predicted molar refractivity (Wildman–Crippen MR) is 86.0 cm³/mol. The van der Waals surface area contributed by atoms with Gasteiger partial charge in [0.1, 0.15) is 5.82 Å². The Hall–Kier alpha value is -1.39. The lowest BCUT2D eigenvalue weighted by Crippen LogP contribution is -2.18. The molecule has 2 aromatic carbocycles. The molecule has 4 heteroatoms. The van der Waals surface area contributed by atoms with Crippen molar-refractivity contribution >= 4 is 27.3 Å². The number of nitrogens with zero attached hydrogens (tertiary/aromatic N) is 1. The molecule has 2 rings (SSSR count). The van der Waals surface area contributed by atoms with Crippen LogP contribution >= 0.6 is 15.9 Å². The Kier molecular flexibility index (Phi) is 4.78. The number of hydrogen-bond donors (Lipinski definition) is 1. The van der Waals surface area contributed by atoms with Crippen LogP contribution in [0.25, 0.3) is 0 Å². The molecule has 0 aliphatic rings. The van der Waals surface area contributed by atoms with Crippen LogP contribution in [0.15, 0.2) is 46.9 Å². The minimum Gasteiger partial charge on any atom is -0.345 e. The topological polar surface area (TPSA) is 29.3 Å². The Morgan fingerprint density at radius 3 is 2.30 bits per heavy atom. The molecule has 1 unspecified atom stereocenters. The minimum absolute atomic E-state index is 0.131. The van der Waals surface area contributed by atoms with Gasteiger partial charge >= 0.3 is 0 Å². The third-order valence-corrected chi connectivity index (χ3v) is 3.92. The second kappa shape index (κ2) is 6.37. The third kappa shape index (κ3) is 3.58. The number of benzene rings is 2. The Morgan fingerprint density at radius 2 is 1.75 bits per heavy atom. The van der Waals surface area contributed by atoms with Gasteiger partial charge in [-0.1, -0.05) is 22.0 Å².